The topological polar surface area (TPSA) is 0 Å². The van der Waals surface area contributed by atoms with Crippen LogP contribution in [0.3, 0.4) is 0 Å². The Morgan fingerprint density at radius 1 is 1.00 bits per heavy atom. The van der Waals surface area contributed by atoms with E-state index in [1.54, 1.807) is 0 Å². The van der Waals surface area contributed by atoms with Gasteiger partial charge in [0.25, 0.3) is 0 Å². The first kappa shape index (κ1) is 20.7. The highest BCUT2D eigenvalue weighted by atomic mass is 32.2. The average Bonchev–Trinajstić information content (AvgIpc) is 2.10. The zero-order valence-corrected chi connectivity index (χ0v) is 10.8. The SMILES string of the molecule is CCCCSc1c(C)cccc1C.F.F.F. The summed E-state index contributed by atoms with van der Waals surface area (Å²) in [4.78, 5) is 1.48. The molecule has 0 nitrogen and oxygen atoms in total. The van der Waals surface area contributed by atoms with Crippen LogP contribution in [0.2, 0.25) is 0 Å². The van der Waals surface area contributed by atoms with Crippen molar-refractivity contribution in [1.82, 2.24) is 0 Å². The Labute approximate surface area is 99.9 Å². The maximum Gasteiger partial charge on any atom is 0.0130 e. The van der Waals surface area contributed by atoms with Crippen molar-refractivity contribution in [1.29, 1.82) is 0 Å². The van der Waals surface area contributed by atoms with Crippen LogP contribution < -0.4 is 0 Å². The van der Waals surface area contributed by atoms with Crippen LogP contribution in [0.4, 0.5) is 14.1 Å². The molecule has 0 atom stereocenters. The lowest BCUT2D eigenvalue weighted by molar-refractivity contribution is 0.895. The van der Waals surface area contributed by atoms with Gasteiger partial charge >= 0.3 is 0 Å². The average molecular weight is 254 g/mol. The molecular weight excluding hydrogens is 233 g/mol. The molecule has 0 aromatic heterocycles. The minimum absolute atomic E-state index is 0. The van der Waals surface area contributed by atoms with E-state index in [9.17, 15) is 0 Å². The van der Waals surface area contributed by atoms with Gasteiger partial charge < -0.3 is 0 Å². The van der Waals surface area contributed by atoms with Crippen LogP contribution >= 0.6 is 11.8 Å². The summed E-state index contributed by atoms with van der Waals surface area (Å²) in [5.74, 6) is 1.25. The predicted octanol–water partition coefficient (Wildman–Crippen LogP) is 4.65. The number of aryl methyl sites for hydroxylation is 2. The van der Waals surface area contributed by atoms with Gasteiger partial charge in [0.1, 0.15) is 0 Å². The normalized spacial score (nSPS) is 8.44. The fraction of sp³-hybridized carbons (Fsp3) is 0.500. The summed E-state index contributed by atoms with van der Waals surface area (Å²) in [6.45, 7) is 6.63. The number of hydrogen-bond acceptors (Lipinski definition) is 1. The molecule has 1 aromatic rings. The van der Waals surface area contributed by atoms with Crippen molar-refractivity contribution < 1.29 is 14.1 Å². The maximum atomic E-state index is 2.24. The van der Waals surface area contributed by atoms with Crippen LogP contribution in [0, 0.1) is 13.8 Å². The summed E-state index contributed by atoms with van der Waals surface area (Å²) in [6, 6.07) is 6.52. The Hall–Kier alpha value is -0.640. The van der Waals surface area contributed by atoms with E-state index in [2.05, 4.69) is 39.0 Å². The van der Waals surface area contributed by atoms with Crippen LogP contribution in [-0.4, -0.2) is 5.75 Å². The Morgan fingerprint density at radius 3 is 1.94 bits per heavy atom. The Morgan fingerprint density at radius 2 is 1.50 bits per heavy atom. The van der Waals surface area contributed by atoms with Crippen molar-refractivity contribution in [3.8, 4) is 0 Å². The molecule has 0 spiro atoms. The van der Waals surface area contributed by atoms with Crippen molar-refractivity contribution in [3.63, 3.8) is 0 Å². The van der Waals surface area contributed by atoms with E-state index in [1.165, 1.54) is 34.6 Å². The summed E-state index contributed by atoms with van der Waals surface area (Å²) in [7, 11) is 0. The van der Waals surface area contributed by atoms with E-state index in [4.69, 9.17) is 0 Å². The van der Waals surface area contributed by atoms with Crippen molar-refractivity contribution in [2.75, 3.05) is 5.75 Å². The quantitative estimate of drug-likeness (QED) is 0.556. The zero-order valence-electron chi connectivity index (χ0n) is 9.99. The second kappa shape index (κ2) is 10.9. The molecule has 0 amide bonds. The number of hydrogen-bond donors (Lipinski definition) is 0. The van der Waals surface area contributed by atoms with Gasteiger partial charge in [0, 0.05) is 4.90 Å². The summed E-state index contributed by atoms with van der Waals surface area (Å²) < 4.78 is 0. The van der Waals surface area contributed by atoms with E-state index in [0.29, 0.717) is 0 Å². The maximum absolute atomic E-state index is 2.24. The number of halogens is 3. The molecule has 0 saturated carbocycles. The monoisotopic (exact) mass is 254 g/mol. The Bertz CT molecular complexity index is 257. The molecule has 0 aliphatic rings. The molecule has 0 N–H and O–H groups in total. The lowest BCUT2D eigenvalue weighted by Crippen LogP contribution is -1.86. The number of benzene rings is 1. The van der Waals surface area contributed by atoms with Crippen molar-refractivity contribution in [3.05, 3.63) is 29.3 Å². The minimum Gasteiger partial charge on any atom is -0.269 e. The van der Waals surface area contributed by atoms with Crippen molar-refractivity contribution in [2.24, 2.45) is 0 Å². The van der Waals surface area contributed by atoms with Crippen LogP contribution in [-0.2, 0) is 0 Å². The molecule has 1 aromatic carbocycles. The van der Waals surface area contributed by atoms with E-state index in [-0.39, 0.29) is 14.1 Å². The minimum atomic E-state index is 0. The lowest BCUT2D eigenvalue weighted by Gasteiger charge is -2.07. The van der Waals surface area contributed by atoms with Gasteiger partial charge in [0.15, 0.2) is 0 Å². The van der Waals surface area contributed by atoms with Gasteiger partial charge in [-0.15, -0.1) is 11.8 Å². The highest BCUT2D eigenvalue weighted by Crippen LogP contribution is 2.26. The van der Waals surface area contributed by atoms with Crippen molar-refractivity contribution >= 4 is 11.8 Å². The summed E-state index contributed by atoms with van der Waals surface area (Å²) in [6.07, 6.45) is 2.61. The van der Waals surface area contributed by atoms with E-state index < -0.39 is 0 Å². The molecule has 0 radical (unpaired) electrons. The van der Waals surface area contributed by atoms with Gasteiger partial charge in [-0.1, -0.05) is 31.5 Å². The Kier molecular flexibility index (Phi) is 14.1. The third kappa shape index (κ3) is 6.05. The number of thioether (sulfide) groups is 1. The predicted molar refractivity (Wildman–Crippen MR) is 69.1 cm³/mol. The standard InChI is InChI=1S/C12H18S.3FH/c1-4-5-9-13-12-10(2)7-6-8-11(12)3;;;/h6-8H,4-5,9H2,1-3H3;3*1H. The number of unbranched alkanes of at least 4 members (excludes halogenated alkanes) is 1. The summed E-state index contributed by atoms with van der Waals surface area (Å²) in [5.41, 5.74) is 2.84. The summed E-state index contributed by atoms with van der Waals surface area (Å²) >= 11 is 2.00. The van der Waals surface area contributed by atoms with Gasteiger partial charge in [-0.3, -0.25) is 14.1 Å². The third-order valence-corrected chi connectivity index (χ3v) is 3.58. The molecule has 0 fully saturated rings. The zero-order chi connectivity index (χ0) is 9.68. The first-order valence-corrected chi connectivity index (χ1v) is 5.93. The first-order chi connectivity index (χ1) is 6.25. The lowest BCUT2D eigenvalue weighted by atomic mass is 10.2. The van der Waals surface area contributed by atoms with Gasteiger partial charge in [0.05, 0.1) is 0 Å². The van der Waals surface area contributed by atoms with E-state index in [1.807, 2.05) is 11.8 Å². The molecule has 0 aliphatic carbocycles. The van der Waals surface area contributed by atoms with Gasteiger partial charge in [-0.2, -0.15) is 0 Å². The fourth-order valence-corrected chi connectivity index (χ4v) is 2.57. The molecule has 0 saturated heterocycles. The fourth-order valence-electron chi connectivity index (χ4n) is 1.35. The van der Waals surface area contributed by atoms with E-state index in [0.717, 1.165) is 0 Å². The Balaban J connectivity index is -0.000000563. The molecule has 16 heavy (non-hydrogen) atoms. The van der Waals surface area contributed by atoms with Crippen LogP contribution in [0.15, 0.2) is 23.1 Å². The largest absolute Gasteiger partial charge is 0.269 e. The molecular formula is C12H21F3S. The molecule has 4 heteroatoms. The van der Waals surface area contributed by atoms with Gasteiger partial charge in [-0.05, 0) is 37.1 Å². The molecule has 0 heterocycles. The van der Waals surface area contributed by atoms with Crippen molar-refractivity contribution in [2.45, 2.75) is 38.5 Å². The van der Waals surface area contributed by atoms with Gasteiger partial charge in [-0.25, -0.2) is 0 Å². The van der Waals surface area contributed by atoms with Crippen LogP contribution in [0.25, 0.3) is 0 Å². The molecule has 0 unspecified atom stereocenters. The second-order valence-corrected chi connectivity index (χ2v) is 4.53. The molecule has 96 valence electrons. The third-order valence-electron chi connectivity index (χ3n) is 2.15. The summed E-state index contributed by atoms with van der Waals surface area (Å²) in [5, 5.41) is 0. The smallest absolute Gasteiger partial charge is 0.0130 e. The number of rotatable bonds is 4. The van der Waals surface area contributed by atoms with Gasteiger partial charge in [0.2, 0.25) is 0 Å². The second-order valence-electron chi connectivity index (χ2n) is 3.42. The van der Waals surface area contributed by atoms with E-state index >= 15 is 0 Å². The molecule has 0 bridgehead atoms. The molecule has 1 rings (SSSR count). The first-order valence-electron chi connectivity index (χ1n) is 4.94. The highest BCUT2D eigenvalue weighted by molar-refractivity contribution is 7.99. The van der Waals surface area contributed by atoms with Crippen LogP contribution in [0.1, 0.15) is 30.9 Å². The van der Waals surface area contributed by atoms with Crippen LogP contribution in [0.5, 0.6) is 0 Å². The highest BCUT2D eigenvalue weighted by Gasteiger charge is 2.01. The molecule has 0 aliphatic heterocycles.